The smallest absolute Gasteiger partial charge is 0.418 e. The van der Waals surface area contributed by atoms with Crippen LogP contribution in [0.5, 0.6) is 11.5 Å². The minimum absolute atomic E-state index is 0.165. The number of Topliss-reactive ketones (excluding diaryl/α,β-unsaturated/α-hetero) is 2. The number of carbonyl (C=O) groups excluding carboxylic acids is 2. The first-order chi connectivity index (χ1) is 20.8. The van der Waals surface area contributed by atoms with Gasteiger partial charge in [-0.2, -0.15) is 5.26 Å². The fraction of sp³-hybridized carbons (Fsp3) is 0.125. The number of ketones is 2. The Morgan fingerprint density at radius 1 is 0.682 bits per heavy atom. The molecule has 6 rings (SSSR count). The molecule has 0 N–H and O–H groups in total. The molecular weight excluding hydrogens is 590 g/mol. The number of carbonyl (C=O) groups is 2. The van der Waals surface area contributed by atoms with Crippen molar-refractivity contribution >= 4 is 17.3 Å². The van der Waals surface area contributed by atoms with Crippen molar-refractivity contribution in [2.45, 2.75) is 24.6 Å². The van der Waals surface area contributed by atoms with Crippen molar-refractivity contribution in [3.05, 3.63) is 112 Å². The lowest BCUT2D eigenvalue weighted by molar-refractivity contribution is -0.275. The molecule has 4 aromatic carbocycles. The topological polar surface area (TPSA) is 80.8 Å². The number of hydrogen-bond donors (Lipinski definition) is 0. The predicted molar refractivity (Wildman–Crippen MR) is 142 cm³/mol. The average Bonchev–Trinajstić information content (AvgIpc) is 3.43. The number of ether oxygens (including phenoxy) is 2. The molecule has 44 heavy (non-hydrogen) atoms. The van der Waals surface area contributed by atoms with Crippen molar-refractivity contribution in [1.82, 2.24) is 0 Å². The van der Waals surface area contributed by atoms with E-state index in [2.05, 4.69) is 14.3 Å². The van der Waals surface area contributed by atoms with E-state index in [4.69, 9.17) is 6.57 Å². The van der Waals surface area contributed by atoms with E-state index in [-0.39, 0.29) is 50.1 Å². The number of halogens is 6. The Bertz CT molecular complexity index is 1840. The van der Waals surface area contributed by atoms with Crippen LogP contribution in [0.1, 0.15) is 49.2 Å². The van der Waals surface area contributed by atoms with Crippen LogP contribution in [0.25, 0.3) is 27.1 Å². The molecule has 0 aromatic heterocycles. The number of alkyl halides is 6. The molecule has 0 saturated heterocycles. The zero-order valence-electron chi connectivity index (χ0n) is 21.9. The van der Waals surface area contributed by atoms with E-state index in [1.54, 1.807) is 6.07 Å². The Morgan fingerprint density at radius 2 is 1.14 bits per heavy atom. The van der Waals surface area contributed by atoms with Crippen LogP contribution in [0.15, 0.2) is 72.8 Å². The highest BCUT2D eigenvalue weighted by molar-refractivity contribution is 6.22. The number of benzene rings is 4. The first kappa shape index (κ1) is 28.5. The van der Waals surface area contributed by atoms with Crippen molar-refractivity contribution in [2.75, 3.05) is 0 Å². The Hall–Kier alpha value is -5.62. The summed E-state index contributed by atoms with van der Waals surface area (Å²) in [5.41, 5.74) is 1.04. The van der Waals surface area contributed by atoms with Crippen LogP contribution in [-0.4, -0.2) is 24.3 Å². The second-order valence-corrected chi connectivity index (χ2v) is 9.93. The molecule has 6 nitrogen and oxygen atoms in total. The van der Waals surface area contributed by atoms with Gasteiger partial charge in [0.1, 0.15) is 17.6 Å². The molecular formula is C32H14F6N2O4. The maximum Gasteiger partial charge on any atom is 0.573 e. The molecule has 2 atom stereocenters. The van der Waals surface area contributed by atoms with E-state index in [1.807, 2.05) is 0 Å². The van der Waals surface area contributed by atoms with Crippen molar-refractivity contribution in [2.24, 2.45) is 0 Å². The second kappa shape index (κ2) is 9.99. The third kappa shape index (κ3) is 4.71. The van der Waals surface area contributed by atoms with Crippen LogP contribution in [0.3, 0.4) is 0 Å². The molecule has 0 saturated carbocycles. The summed E-state index contributed by atoms with van der Waals surface area (Å²) in [4.78, 5) is 30.8. The van der Waals surface area contributed by atoms with Crippen LogP contribution in [0.2, 0.25) is 0 Å². The van der Waals surface area contributed by atoms with Crippen molar-refractivity contribution < 1.29 is 45.4 Å². The Kier molecular flexibility index (Phi) is 6.47. The van der Waals surface area contributed by atoms with Crippen LogP contribution >= 0.6 is 0 Å². The highest BCUT2D eigenvalue weighted by atomic mass is 19.4. The van der Waals surface area contributed by atoms with E-state index < -0.39 is 53.3 Å². The fourth-order valence-electron chi connectivity index (χ4n) is 5.94. The molecule has 4 aromatic rings. The monoisotopic (exact) mass is 604 g/mol. The molecule has 0 aliphatic heterocycles. The second-order valence-electron chi connectivity index (χ2n) is 9.93. The summed E-state index contributed by atoms with van der Waals surface area (Å²) in [5, 5.41) is 9.28. The van der Waals surface area contributed by atoms with Gasteiger partial charge in [-0.15, -0.1) is 26.3 Å². The zero-order valence-corrected chi connectivity index (χ0v) is 21.9. The summed E-state index contributed by atoms with van der Waals surface area (Å²) in [6, 6.07) is 17.8. The first-order valence-corrected chi connectivity index (χ1v) is 12.7. The minimum Gasteiger partial charge on any atom is -0.418 e. The van der Waals surface area contributed by atoms with Gasteiger partial charge in [-0.25, -0.2) is 4.85 Å². The van der Waals surface area contributed by atoms with Gasteiger partial charge < -0.3 is 9.47 Å². The number of nitriles is 1. The summed E-state index contributed by atoms with van der Waals surface area (Å²) in [6.07, 6.45) is -10.2. The molecule has 2 aliphatic carbocycles. The third-order valence-electron chi connectivity index (χ3n) is 7.52. The summed E-state index contributed by atoms with van der Waals surface area (Å²) in [5.74, 6) is -4.53. The molecule has 2 unspecified atom stereocenters. The molecule has 0 bridgehead atoms. The van der Waals surface area contributed by atoms with Gasteiger partial charge in [0, 0.05) is 11.1 Å². The molecule has 12 heteroatoms. The number of fused-ring (bicyclic) bond motifs is 5. The van der Waals surface area contributed by atoms with Crippen molar-refractivity contribution in [1.29, 1.82) is 5.26 Å². The Labute approximate surface area is 244 Å². The fourth-order valence-corrected chi connectivity index (χ4v) is 5.94. The SMILES string of the molecule is [C-]#[N+]c1ccc(-c2cccc3c2C2C(=O)c4cccc(-c5ccc(C#N)c(OC(F)(F)F)c5)c4C2C3=O)cc1OC(F)(F)F. The number of hydrogen-bond acceptors (Lipinski definition) is 5. The van der Waals surface area contributed by atoms with Gasteiger partial charge in [-0.3, -0.25) is 9.59 Å². The van der Waals surface area contributed by atoms with Crippen LogP contribution in [-0.2, 0) is 0 Å². The molecule has 0 spiro atoms. The predicted octanol–water partition coefficient (Wildman–Crippen LogP) is 8.50. The lowest BCUT2D eigenvalue weighted by Crippen LogP contribution is -2.18. The van der Waals surface area contributed by atoms with Crippen molar-refractivity contribution in [3.8, 4) is 39.8 Å². The third-order valence-corrected chi connectivity index (χ3v) is 7.52. The van der Waals surface area contributed by atoms with E-state index in [0.717, 1.165) is 24.3 Å². The molecule has 0 amide bonds. The van der Waals surface area contributed by atoms with E-state index in [0.29, 0.717) is 0 Å². The van der Waals surface area contributed by atoms with E-state index in [1.165, 1.54) is 48.5 Å². The largest absolute Gasteiger partial charge is 0.573 e. The standard InChI is InChI=1S/C32H14F6N2O4/c1-40-22-11-10-16(13-24(22)44-32(36,37)38)19-5-3-7-21-26(19)28-27(30(21)42)25-18(4-2-6-20(25)29(28)41)15-8-9-17(14-39)23(12-15)43-31(33,34)35/h2-13,27-28H. The Balaban J connectivity index is 1.49. The van der Waals surface area contributed by atoms with Crippen LogP contribution in [0.4, 0.5) is 32.0 Å². The maximum atomic E-state index is 13.9. The van der Waals surface area contributed by atoms with Gasteiger partial charge in [0.05, 0.1) is 24.0 Å². The highest BCUT2D eigenvalue weighted by Gasteiger charge is 2.52. The first-order valence-electron chi connectivity index (χ1n) is 12.7. The van der Waals surface area contributed by atoms with Gasteiger partial charge in [0.25, 0.3) is 0 Å². The zero-order chi connectivity index (χ0) is 31.6. The summed E-state index contributed by atoms with van der Waals surface area (Å²) in [6.45, 7) is 7.19. The highest BCUT2D eigenvalue weighted by Crippen LogP contribution is 2.56. The molecule has 0 heterocycles. The van der Waals surface area contributed by atoms with Crippen LogP contribution < -0.4 is 9.47 Å². The van der Waals surface area contributed by atoms with Crippen molar-refractivity contribution in [3.63, 3.8) is 0 Å². The number of rotatable bonds is 4. The average molecular weight is 604 g/mol. The van der Waals surface area contributed by atoms with Gasteiger partial charge in [0.15, 0.2) is 11.6 Å². The lowest BCUT2D eigenvalue weighted by atomic mass is 9.86. The molecule has 0 radical (unpaired) electrons. The molecule has 218 valence electrons. The maximum absolute atomic E-state index is 13.9. The summed E-state index contributed by atoms with van der Waals surface area (Å²) >= 11 is 0. The van der Waals surface area contributed by atoms with E-state index in [9.17, 15) is 41.2 Å². The van der Waals surface area contributed by atoms with E-state index >= 15 is 0 Å². The lowest BCUT2D eigenvalue weighted by Gasteiger charge is -2.16. The molecule has 2 aliphatic rings. The van der Waals surface area contributed by atoms with Gasteiger partial charge in [-0.05, 0) is 51.6 Å². The molecule has 0 fully saturated rings. The summed E-state index contributed by atoms with van der Waals surface area (Å²) < 4.78 is 86.5. The number of nitrogens with zero attached hydrogens (tertiary/aromatic N) is 2. The van der Waals surface area contributed by atoms with Gasteiger partial charge in [0.2, 0.25) is 5.69 Å². The quantitative estimate of drug-likeness (QED) is 0.172. The Morgan fingerprint density at radius 3 is 1.61 bits per heavy atom. The normalized spacial score (nSPS) is 16.9. The summed E-state index contributed by atoms with van der Waals surface area (Å²) in [7, 11) is 0. The van der Waals surface area contributed by atoms with Gasteiger partial charge in [-0.1, -0.05) is 54.6 Å². The van der Waals surface area contributed by atoms with Gasteiger partial charge >= 0.3 is 12.7 Å². The van der Waals surface area contributed by atoms with Crippen LogP contribution in [0, 0.1) is 17.9 Å². The minimum atomic E-state index is -5.08.